The average Bonchev–Trinajstić information content (AvgIpc) is 2.00. The van der Waals surface area contributed by atoms with Gasteiger partial charge in [-0.1, -0.05) is 11.6 Å². The van der Waals surface area contributed by atoms with E-state index in [0.29, 0.717) is 0 Å². The van der Waals surface area contributed by atoms with Gasteiger partial charge in [-0.2, -0.15) is 13.2 Å². The number of nitrogens with two attached hydrogens (primary N) is 1. The Bertz CT molecular complexity index is 326. The van der Waals surface area contributed by atoms with E-state index in [9.17, 15) is 13.2 Å². The van der Waals surface area contributed by atoms with Crippen LogP contribution >= 0.6 is 11.6 Å². The summed E-state index contributed by atoms with van der Waals surface area (Å²) in [6.07, 6.45) is -3.08. The van der Waals surface area contributed by atoms with Gasteiger partial charge >= 0.3 is 6.18 Å². The molecule has 1 aromatic heterocycles. The summed E-state index contributed by atoms with van der Waals surface area (Å²) < 4.78 is 35.4. The molecule has 14 heavy (non-hydrogen) atoms. The third-order valence-electron chi connectivity index (χ3n) is 1.34. The molecule has 0 atom stereocenters. The van der Waals surface area contributed by atoms with Crippen molar-refractivity contribution in [2.24, 2.45) is 0 Å². The van der Waals surface area contributed by atoms with Crippen LogP contribution in [0.3, 0.4) is 0 Å². The fraction of sp³-hybridized carbons (Fsp3) is 0.286. The van der Waals surface area contributed by atoms with Gasteiger partial charge in [-0.25, -0.2) is 4.98 Å². The highest BCUT2D eigenvalue weighted by molar-refractivity contribution is 6.30. The molecule has 1 heterocycles. The van der Waals surface area contributed by atoms with Crippen LogP contribution in [0.1, 0.15) is 0 Å². The summed E-state index contributed by atoms with van der Waals surface area (Å²) in [6.45, 7) is -1.17. The number of aromatic nitrogens is 1. The summed E-state index contributed by atoms with van der Waals surface area (Å²) in [6, 6.07) is 1.33. The number of alkyl halides is 3. The van der Waals surface area contributed by atoms with Gasteiger partial charge in [0.1, 0.15) is 12.4 Å². The molecular weight excluding hydrogens is 219 g/mol. The number of nitrogens with zero attached hydrogens (tertiary/aromatic N) is 1. The van der Waals surface area contributed by atoms with Crippen LogP contribution < -0.4 is 11.1 Å². The fourth-order valence-corrected chi connectivity index (χ4v) is 0.953. The van der Waals surface area contributed by atoms with Crippen molar-refractivity contribution in [1.29, 1.82) is 0 Å². The normalized spacial score (nSPS) is 11.4. The summed E-state index contributed by atoms with van der Waals surface area (Å²) in [4.78, 5) is 3.61. The zero-order valence-electron chi connectivity index (χ0n) is 6.90. The van der Waals surface area contributed by atoms with Gasteiger partial charge in [0.05, 0.1) is 10.7 Å². The van der Waals surface area contributed by atoms with Crippen LogP contribution in [0.4, 0.5) is 24.7 Å². The Kier molecular flexibility index (Phi) is 3.05. The molecule has 0 bridgehead atoms. The first-order chi connectivity index (χ1) is 6.38. The van der Waals surface area contributed by atoms with E-state index in [2.05, 4.69) is 10.3 Å². The smallest absolute Gasteiger partial charge is 0.396 e. The molecule has 0 saturated carbocycles. The standard InChI is InChI=1S/C7H7ClF3N3/c8-4-1-5(12)6(13-2-4)14-3-7(9,10)11/h1-2H,3,12H2,(H,13,14). The van der Waals surface area contributed by atoms with Crippen molar-refractivity contribution in [3.63, 3.8) is 0 Å². The Morgan fingerprint density at radius 2 is 2.14 bits per heavy atom. The van der Waals surface area contributed by atoms with Crippen molar-refractivity contribution in [2.75, 3.05) is 17.6 Å². The lowest BCUT2D eigenvalue weighted by Gasteiger charge is -2.10. The Hall–Kier alpha value is -1.17. The average molecular weight is 226 g/mol. The van der Waals surface area contributed by atoms with Gasteiger partial charge in [0.2, 0.25) is 0 Å². The summed E-state index contributed by atoms with van der Waals surface area (Å²) in [5, 5.41) is 2.34. The fourth-order valence-electron chi connectivity index (χ4n) is 0.787. The highest BCUT2D eigenvalue weighted by atomic mass is 35.5. The SMILES string of the molecule is Nc1cc(Cl)cnc1NCC(F)(F)F. The molecule has 1 rings (SSSR count). The third-order valence-corrected chi connectivity index (χ3v) is 1.55. The first kappa shape index (κ1) is 10.9. The minimum absolute atomic E-state index is 0.0216. The van der Waals surface area contributed by atoms with E-state index < -0.39 is 12.7 Å². The van der Waals surface area contributed by atoms with Crippen LogP contribution in [0.15, 0.2) is 12.3 Å². The molecule has 0 amide bonds. The van der Waals surface area contributed by atoms with Crippen molar-refractivity contribution >= 4 is 23.1 Å². The quantitative estimate of drug-likeness (QED) is 0.812. The van der Waals surface area contributed by atoms with E-state index in [4.69, 9.17) is 17.3 Å². The summed E-state index contributed by atoms with van der Waals surface area (Å²) in [5.41, 5.74) is 5.46. The van der Waals surface area contributed by atoms with Crippen LogP contribution in [0.25, 0.3) is 0 Å². The summed E-state index contributed by atoms with van der Waals surface area (Å²) in [5.74, 6) is -0.0216. The molecule has 0 radical (unpaired) electrons. The molecule has 0 aliphatic heterocycles. The van der Waals surface area contributed by atoms with Crippen LogP contribution in [0.5, 0.6) is 0 Å². The van der Waals surface area contributed by atoms with E-state index in [1.54, 1.807) is 0 Å². The van der Waals surface area contributed by atoms with E-state index in [-0.39, 0.29) is 16.5 Å². The predicted molar refractivity (Wildman–Crippen MR) is 48.2 cm³/mol. The van der Waals surface area contributed by atoms with Gasteiger partial charge in [0.25, 0.3) is 0 Å². The minimum atomic E-state index is -4.30. The topological polar surface area (TPSA) is 50.9 Å². The maximum Gasteiger partial charge on any atom is 0.405 e. The zero-order valence-corrected chi connectivity index (χ0v) is 7.65. The van der Waals surface area contributed by atoms with Gasteiger partial charge in [0.15, 0.2) is 0 Å². The van der Waals surface area contributed by atoms with Crippen molar-refractivity contribution in [1.82, 2.24) is 4.98 Å². The van der Waals surface area contributed by atoms with Crippen LogP contribution in [0, 0.1) is 0 Å². The number of anilines is 2. The van der Waals surface area contributed by atoms with Crippen molar-refractivity contribution in [2.45, 2.75) is 6.18 Å². The molecule has 3 N–H and O–H groups in total. The number of hydrogen-bond donors (Lipinski definition) is 2. The van der Waals surface area contributed by atoms with Crippen molar-refractivity contribution in [3.8, 4) is 0 Å². The largest absolute Gasteiger partial charge is 0.405 e. The highest BCUT2D eigenvalue weighted by Gasteiger charge is 2.27. The Morgan fingerprint density at radius 1 is 1.50 bits per heavy atom. The van der Waals surface area contributed by atoms with E-state index in [1.165, 1.54) is 12.3 Å². The minimum Gasteiger partial charge on any atom is -0.396 e. The second-order valence-electron chi connectivity index (χ2n) is 2.56. The lowest BCUT2D eigenvalue weighted by Crippen LogP contribution is -2.22. The maximum absolute atomic E-state index is 11.8. The Labute approximate surface area is 83.1 Å². The molecule has 0 aliphatic carbocycles. The molecule has 0 aromatic carbocycles. The molecule has 0 fully saturated rings. The second kappa shape index (κ2) is 3.91. The number of nitrogens with one attached hydrogen (secondary N) is 1. The number of pyridine rings is 1. The first-order valence-electron chi connectivity index (χ1n) is 3.60. The Morgan fingerprint density at radius 3 is 2.64 bits per heavy atom. The molecular formula is C7H7ClF3N3. The molecule has 0 saturated heterocycles. The van der Waals surface area contributed by atoms with E-state index in [1.807, 2.05) is 0 Å². The number of halogens is 4. The summed E-state index contributed by atoms with van der Waals surface area (Å²) >= 11 is 5.51. The lowest BCUT2D eigenvalue weighted by molar-refractivity contribution is -0.115. The van der Waals surface area contributed by atoms with E-state index in [0.717, 1.165) is 0 Å². The monoisotopic (exact) mass is 225 g/mol. The summed E-state index contributed by atoms with van der Waals surface area (Å²) in [7, 11) is 0. The van der Waals surface area contributed by atoms with Crippen LogP contribution in [-0.4, -0.2) is 17.7 Å². The van der Waals surface area contributed by atoms with Gasteiger partial charge in [-0.15, -0.1) is 0 Å². The molecule has 1 aromatic rings. The number of hydrogen-bond acceptors (Lipinski definition) is 3. The zero-order chi connectivity index (χ0) is 10.8. The highest BCUT2D eigenvalue weighted by Crippen LogP contribution is 2.21. The van der Waals surface area contributed by atoms with E-state index >= 15 is 0 Å². The second-order valence-corrected chi connectivity index (χ2v) is 3.00. The first-order valence-corrected chi connectivity index (χ1v) is 3.98. The van der Waals surface area contributed by atoms with Crippen molar-refractivity contribution < 1.29 is 13.2 Å². The predicted octanol–water partition coefficient (Wildman–Crippen LogP) is 2.29. The molecule has 0 aliphatic rings. The lowest BCUT2D eigenvalue weighted by atomic mass is 10.4. The van der Waals surface area contributed by atoms with Crippen LogP contribution in [0.2, 0.25) is 5.02 Å². The Balaban J connectivity index is 2.68. The van der Waals surface area contributed by atoms with Crippen LogP contribution in [-0.2, 0) is 0 Å². The molecule has 7 heteroatoms. The molecule has 0 spiro atoms. The number of nitrogen functional groups attached to an aromatic ring is 1. The molecule has 3 nitrogen and oxygen atoms in total. The number of rotatable bonds is 2. The van der Waals surface area contributed by atoms with Gasteiger partial charge < -0.3 is 11.1 Å². The van der Waals surface area contributed by atoms with Gasteiger partial charge in [-0.3, -0.25) is 0 Å². The van der Waals surface area contributed by atoms with Crippen molar-refractivity contribution in [3.05, 3.63) is 17.3 Å². The maximum atomic E-state index is 11.8. The molecule has 78 valence electrons. The van der Waals surface area contributed by atoms with Gasteiger partial charge in [0, 0.05) is 6.20 Å². The molecule has 0 unspecified atom stereocenters. The van der Waals surface area contributed by atoms with Gasteiger partial charge in [-0.05, 0) is 6.07 Å². The third kappa shape index (κ3) is 3.29.